The fourth-order valence-corrected chi connectivity index (χ4v) is 3.11. The van der Waals surface area contributed by atoms with Crippen LogP contribution in [0.25, 0.3) is 0 Å². The normalized spacial score (nSPS) is 24.7. The van der Waals surface area contributed by atoms with Crippen LogP contribution >= 0.6 is 0 Å². The second-order valence-electron chi connectivity index (χ2n) is 6.10. The molecule has 0 spiro atoms. The van der Waals surface area contributed by atoms with Gasteiger partial charge in [-0.15, -0.1) is 0 Å². The lowest BCUT2D eigenvalue weighted by molar-refractivity contribution is -0.142. The van der Waals surface area contributed by atoms with Gasteiger partial charge >= 0.3 is 0 Å². The van der Waals surface area contributed by atoms with E-state index in [2.05, 4.69) is 0 Å². The summed E-state index contributed by atoms with van der Waals surface area (Å²) < 4.78 is 11.3. The maximum absolute atomic E-state index is 12.7. The van der Waals surface area contributed by atoms with E-state index in [1.165, 1.54) is 4.90 Å². The Morgan fingerprint density at radius 1 is 1.22 bits per heavy atom. The summed E-state index contributed by atoms with van der Waals surface area (Å²) >= 11 is 0. The van der Waals surface area contributed by atoms with E-state index >= 15 is 0 Å². The molecule has 2 amide bonds. The molecule has 0 aliphatic carbocycles. The van der Waals surface area contributed by atoms with Gasteiger partial charge in [0, 0.05) is 13.1 Å². The van der Waals surface area contributed by atoms with Crippen molar-refractivity contribution in [3.8, 4) is 5.75 Å². The number of carbonyl (C=O) groups is 2. The number of fused-ring (bicyclic) bond motifs is 1. The number of carbonyl (C=O) groups excluding carboxylic acids is 2. The predicted octanol–water partition coefficient (Wildman–Crippen LogP) is 1.44. The minimum atomic E-state index is -0.0855. The van der Waals surface area contributed by atoms with Gasteiger partial charge in [-0.1, -0.05) is 12.1 Å². The van der Waals surface area contributed by atoms with E-state index in [0.717, 1.165) is 0 Å². The Morgan fingerprint density at radius 2 is 1.91 bits per heavy atom. The second kappa shape index (κ2) is 6.58. The van der Waals surface area contributed by atoms with Gasteiger partial charge in [0.25, 0.3) is 0 Å². The van der Waals surface area contributed by atoms with Crippen LogP contribution in [0, 0.1) is 0 Å². The van der Waals surface area contributed by atoms with Crippen molar-refractivity contribution >= 4 is 17.5 Å². The van der Waals surface area contributed by atoms with Gasteiger partial charge in [0.1, 0.15) is 12.3 Å². The molecule has 2 heterocycles. The number of rotatable bonds is 2. The van der Waals surface area contributed by atoms with Crippen LogP contribution in [0.2, 0.25) is 0 Å². The van der Waals surface area contributed by atoms with Crippen LogP contribution in [0.3, 0.4) is 0 Å². The summed E-state index contributed by atoms with van der Waals surface area (Å²) in [6, 6.07) is 7.35. The zero-order chi connectivity index (χ0) is 16.4. The Bertz CT molecular complexity index is 594. The number of amides is 2. The van der Waals surface area contributed by atoms with Gasteiger partial charge < -0.3 is 14.4 Å². The van der Waals surface area contributed by atoms with Gasteiger partial charge in [0.05, 0.1) is 30.9 Å². The predicted molar refractivity (Wildman–Crippen MR) is 85.5 cm³/mol. The highest BCUT2D eigenvalue weighted by molar-refractivity contribution is 6.00. The maximum atomic E-state index is 12.7. The number of ether oxygens (including phenoxy) is 2. The molecule has 6 nitrogen and oxygen atoms in total. The van der Waals surface area contributed by atoms with Crippen molar-refractivity contribution in [1.82, 2.24) is 4.90 Å². The van der Waals surface area contributed by atoms with E-state index in [0.29, 0.717) is 31.1 Å². The third-order valence-electron chi connectivity index (χ3n) is 4.10. The molecule has 6 heteroatoms. The molecule has 2 aliphatic heterocycles. The van der Waals surface area contributed by atoms with Gasteiger partial charge in [-0.05, 0) is 26.0 Å². The molecule has 0 N–H and O–H groups in total. The molecule has 0 aromatic heterocycles. The minimum Gasteiger partial charge on any atom is -0.491 e. The average molecular weight is 318 g/mol. The largest absolute Gasteiger partial charge is 0.491 e. The fourth-order valence-electron chi connectivity index (χ4n) is 3.11. The Labute approximate surface area is 136 Å². The first-order valence-corrected chi connectivity index (χ1v) is 8.00. The topological polar surface area (TPSA) is 59.1 Å². The molecule has 1 fully saturated rings. The van der Waals surface area contributed by atoms with Crippen molar-refractivity contribution in [2.24, 2.45) is 0 Å². The summed E-state index contributed by atoms with van der Waals surface area (Å²) in [5.74, 6) is 0.504. The molecule has 2 unspecified atom stereocenters. The summed E-state index contributed by atoms with van der Waals surface area (Å²) in [6.45, 7) is 5.41. The van der Waals surface area contributed by atoms with E-state index in [-0.39, 0.29) is 37.0 Å². The SMILES string of the molecule is CC1CN(C(=O)CN2C(=O)CCOc3ccccc32)CC(C)O1. The van der Waals surface area contributed by atoms with E-state index < -0.39 is 0 Å². The zero-order valence-corrected chi connectivity index (χ0v) is 13.5. The molecule has 0 bridgehead atoms. The van der Waals surface area contributed by atoms with E-state index in [9.17, 15) is 9.59 Å². The van der Waals surface area contributed by atoms with E-state index in [4.69, 9.17) is 9.47 Å². The monoisotopic (exact) mass is 318 g/mol. The number of morpholine rings is 1. The number of hydrogen-bond acceptors (Lipinski definition) is 4. The molecule has 1 aromatic rings. The molecule has 1 aromatic carbocycles. The first kappa shape index (κ1) is 15.8. The highest BCUT2D eigenvalue weighted by Crippen LogP contribution is 2.31. The number of para-hydroxylation sites is 2. The zero-order valence-electron chi connectivity index (χ0n) is 13.5. The third-order valence-corrected chi connectivity index (χ3v) is 4.10. The van der Waals surface area contributed by atoms with Crippen molar-refractivity contribution in [2.45, 2.75) is 32.5 Å². The molecule has 1 saturated heterocycles. The third kappa shape index (κ3) is 3.47. The molecule has 3 rings (SSSR count). The number of anilines is 1. The number of benzene rings is 1. The molecular formula is C17H22N2O4. The van der Waals surface area contributed by atoms with Crippen LogP contribution in [-0.2, 0) is 14.3 Å². The number of hydrogen-bond donors (Lipinski definition) is 0. The Balaban J connectivity index is 1.78. The molecule has 124 valence electrons. The lowest BCUT2D eigenvalue weighted by Gasteiger charge is -2.36. The minimum absolute atomic E-state index is 0.0122. The summed E-state index contributed by atoms with van der Waals surface area (Å²) in [5.41, 5.74) is 0.665. The van der Waals surface area contributed by atoms with Crippen molar-refractivity contribution in [3.05, 3.63) is 24.3 Å². The van der Waals surface area contributed by atoms with Crippen molar-refractivity contribution in [1.29, 1.82) is 0 Å². The van der Waals surface area contributed by atoms with E-state index in [1.807, 2.05) is 38.1 Å². The Hall–Kier alpha value is -2.08. The quantitative estimate of drug-likeness (QED) is 0.828. The molecular weight excluding hydrogens is 296 g/mol. The van der Waals surface area contributed by atoms with Gasteiger partial charge in [-0.25, -0.2) is 0 Å². The summed E-state index contributed by atoms with van der Waals surface area (Å²) in [4.78, 5) is 28.4. The van der Waals surface area contributed by atoms with Crippen LogP contribution < -0.4 is 9.64 Å². The molecule has 2 atom stereocenters. The smallest absolute Gasteiger partial charge is 0.242 e. The highest BCUT2D eigenvalue weighted by atomic mass is 16.5. The highest BCUT2D eigenvalue weighted by Gasteiger charge is 2.30. The standard InChI is InChI=1S/C17H22N2O4/c1-12-9-18(10-13(2)23-12)17(21)11-19-14-5-3-4-6-15(14)22-8-7-16(19)20/h3-6,12-13H,7-11H2,1-2H3. The molecule has 0 radical (unpaired) electrons. The number of nitrogens with zero attached hydrogens (tertiary/aromatic N) is 2. The summed E-state index contributed by atoms with van der Waals surface area (Å²) in [5, 5.41) is 0. The molecule has 23 heavy (non-hydrogen) atoms. The van der Waals surface area contributed by atoms with Crippen LogP contribution in [0.4, 0.5) is 5.69 Å². The fraction of sp³-hybridized carbons (Fsp3) is 0.529. The van der Waals surface area contributed by atoms with Gasteiger partial charge in [0.15, 0.2) is 0 Å². The van der Waals surface area contributed by atoms with Crippen LogP contribution in [0.5, 0.6) is 5.75 Å². The van der Waals surface area contributed by atoms with Crippen molar-refractivity contribution < 1.29 is 19.1 Å². The maximum Gasteiger partial charge on any atom is 0.242 e. The second-order valence-corrected chi connectivity index (χ2v) is 6.10. The van der Waals surface area contributed by atoms with Gasteiger partial charge in [-0.2, -0.15) is 0 Å². The summed E-state index contributed by atoms with van der Waals surface area (Å²) in [6.07, 6.45) is 0.300. The van der Waals surface area contributed by atoms with E-state index in [1.54, 1.807) is 4.90 Å². The summed E-state index contributed by atoms with van der Waals surface area (Å²) in [7, 11) is 0. The van der Waals surface area contributed by atoms with Gasteiger partial charge in [0.2, 0.25) is 11.8 Å². The molecule has 2 aliphatic rings. The first-order chi connectivity index (χ1) is 11.0. The molecule has 0 saturated carbocycles. The Morgan fingerprint density at radius 3 is 2.65 bits per heavy atom. The van der Waals surface area contributed by atoms with Gasteiger partial charge in [-0.3, -0.25) is 14.5 Å². The van der Waals surface area contributed by atoms with Crippen molar-refractivity contribution in [2.75, 3.05) is 31.1 Å². The average Bonchev–Trinajstić information content (AvgIpc) is 2.66. The van der Waals surface area contributed by atoms with Crippen molar-refractivity contribution in [3.63, 3.8) is 0 Å². The van der Waals surface area contributed by atoms with Crippen LogP contribution in [-0.4, -0.2) is 55.2 Å². The van der Waals surface area contributed by atoms with Crippen LogP contribution in [0.15, 0.2) is 24.3 Å². The van der Waals surface area contributed by atoms with Crippen LogP contribution in [0.1, 0.15) is 20.3 Å². The lowest BCUT2D eigenvalue weighted by Crippen LogP contribution is -2.51. The Kier molecular flexibility index (Phi) is 4.52. The lowest BCUT2D eigenvalue weighted by atomic mass is 10.2. The first-order valence-electron chi connectivity index (χ1n) is 8.00.